The Morgan fingerprint density at radius 2 is 1.32 bits per heavy atom. The van der Waals surface area contributed by atoms with Gasteiger partial charge in [0.1, 0.15) is 11.9 Å². The average molecular weight is 384 g/mol. The van der Waals surface area contributed by atoms with Gasteiger partial charge in [-0.15, -0.1) is 0 Å². The predicted molar refractivity (Wildman–Crippen MR) is 121 cm³/mol. The highest BCUT2D eigenvalue weighted by atomic mass is 15.1. The van der Waals surface area contributed by atoms with E-state index < -0.39 is 0 Å². The molecule has 2 aromatic rings. The minimum Gasteiger partial charge on any atom is -0.247 e. The van der Waals surface area contributed by atoms with Crippen molar-refractivity contribution < 1.29 is 4.57 Å². The van der Waals surface area contributed by atoms with Gasteiger partial charge >= 0.3 is 0 Å². The van der Waals surface area contributed by atoms with Gasteiger partial charge in [0.15, 0.2) is 0 Å². The summed E-state index contributed by atoms with van der Waals surface area (Å²) in [5.41, 5.74) is 2.98. The molecule has 0 radical (unpaired) electrons. The van der Waals surface area contributed by atoms with Crippen LogP contribution in [0.1, 0.15) is 102 Å². The number of benzene rings is 1. The highest BCUT2D eigenvalue weighted by molar-refractivity contribution is 5.14. The highest BCUT2D eigenvalue weighted by Gasteiger charge is 2.17. The second kappa shape index (κ2) is 14.4. The Hall–Kier alpha value is -1.57. The highest BCUT2D eigenvalue weighted by Crippen LogP contribution is 2.11. The van der Waals surface area contributed by atoms with E-state index in [0.717, 1.165) is 6.54 Å². The van der Waals surface area contributed by atoms with Crippen LogP contribution in [0.5, 0.6) is 0 Å². The molecule has 0 saturated heterocycles. The minimum absolute atomic E-state index is 1.15. The molecule has 2 heteroatoms. The fourth-order valence-corrected chi connectivity index (χ4v) is 4.08. The molecule has 1 N–H and O–H groups in total. The van der Waals surface area contributed by atoms with Gasteiger partial charge in [0.05, 0.1) is 6.54 Å². The molecule has 0 spiro atoms. The molecule has 0 bridgehead atoms. The summed E-state index contributed by atoms with van der Waals surface area (Å²) < 4.78 is 2.61. The van der Waals surface area contributed by atoms with E-state index in [1.54, 1.807) is 0 Å². The number of aryl methyl sites for hydroxylation is 3. The zero-order valence-corrected chi connectivity index (χ0v) is 18.5. The number of H-pyrrole nitrogens is 1. The lowest BCUT2D eigenvalue weighted by Crippen LogP contribution is -2.40. The number of aromatic nitrogens is 2. The van der Waals surface area contributed by atoms with Crippen molar-refractivity contribution in [3.05, 3.63) is 53.6 Å². The van der Waals surface area contributed by atoms with Gasteiger partial charge in [0, 0.05) is 12.8 Å². The summed E-state index contributed by atoms with van der Waals surface area (Å²) in [5, 5.41) is 0. The molecule has 1 heterocycles. The van der Waals surface area contributed by atoms with Crippen molar-refractivity contribution in [1.29, 1.82) is 0 Å². The van der Waals surface area contributed by atoms with Crippen molar-refractivity contribution in [3.63, 3.8) is 0 Å². The van der Waals surface area contributed by atoms with Gasteiger partial charge in [-0.3, -0.25) is 0 Å². The number of nitrogens with one attached hydrogen (secondary N) is 1. The van der Waals surface area contributed by atoms with Crippen LogP contribution in [0.2, 0.25) is 0 Å². The molecule has 1 aromatic heterocycles. The van der Waals surface area contributed by atoms with Gasteiger partial charge in [-0.05, 0) is 31.2 Å². The molecule has 0 aliphatic rings. The Bertz CT molecular complexity index is 583. The van der Waals surface area contributed by atoms with Crippen molar-refractivity contribution in [2.45, 2.75) is 110 Å². The molecule has 0 unspecified atom stereocenters. The van der Waals surface area contributed by atoms with E-state index in [1.165, 1.54) is 107 Å². The Balaban J connectivity index is 1.88. The van der Waals surface area contributed by atoms with Crippen molar-refractivity contribution in [1.82, 2.24) is 4.98 Å². The summed E-state index contributed by atoms with van der Waals surface area (Å²) in [6.45, 7) is 5.73. The molecule has 28 heavy (non-hydrogen) atoms. The van der Waals surface area contributed by atoms with Crippen LogP contribution in [0, 0.1) is 0 Å². The number of aromatic amines is 1. The second-order valence-corrected chi connectivity index (χ2v) is 8.30. The molecule has 0 saturated carbocycles. The summed E-state index contributed by atoms with van der Waals surface area (Å²) in [6, 6.07) is 10.9. The van der Waals surface area contributed by atoms with Crippen molar-refractivity contribution in [3.8, 4) is 0 Å². The quantitative estimate of drug-likeness (QED) is 0.239. The monoisotopic (exact) mass is 383 g/mol. The minimum atomic E-state index is 1.15. The zero-order valence-electron chi connectivity index (χ0n) is 18.5. The first kappa shape index (κ1) is 22.7. The third-order valence-electron chi connectivity index (χ3n) is 5.82. The van der Waals surface area contributed by atoms with Gasteiger partial charge in [-0.25, -0.2) is 9.55 Å². The fourth-order valence-electron chi connectivity index (χ4n) is 4.08. The van der Waals surface area contributed by atoms with Crippen molar-refractivity contribution in [2.75, 3.05) is 0 Å². The number of unbranched alkanes of at least 4 members (excludes halogenated alkanes) is 8. The van der Waals surface area contributed by atoms with Gasteiger partial charge in [0.2, 0.25) is 0 Å². The zero-order chi connectivity index (χ0) is 19.9. The molecular weight excluding hydrogens is 340 g/mol. The molecule has 1 aromatic carbocycles. The molecular formula is C26H43N2+. The Morgan fingerprint density at radius 3 is 2.00 bits per heavy atom. The van der Waals surface area contributed by atoms with Crippen molar-refractivity contribution in [2.24, 2.45) is 0 Å². The van der Waals surface area contributed by atoms with Crippen LogP contribution in [0.25, 0.3) is 0 Å². The van der Waals surface area contributed by atoms with Crippen LogP contribution in [0.4, 0.5) is 0 Å². The number of imidazole rings is 1. The maximum Gasteiger partial charge on any atom is 0.254 e. The average Bonchev–Trinajstić information content (AvgIpc) is 3.10. The first-order valence-corrected chi connectivity index (χ1v) is 12.0. The van der Waals surface area contributed by atoms with E-state index in [0.29, 0.717) is 0 Å². The summed E-state index contributed by atoms with van der Waals surface area (Å²) in [4.78, 5) is 3.63. The summed E-state index contributed by atoms with van der Waals surface area (Å²) >= 11 is 0. The summed E-state index contributed by atoms with van der Waals surface area (Å²) in [7, 11) is 0. The normalized spacial score (nSPS) is 11.2. The summed E-state index contributed by atoms with van der Waals surface area (Å²) in [6.07, 6.45) is 20.7. The van der Waals surface area contributed by atoms with E-state index >= 15 is 0 Å². The largest absolute Gasteiger partial charge is 0.254 e. The van der Waals surface area contributed by atoms with E-state index in [4.69, 9.17) is 0 Å². The third-order valence-corrected chi connectivity index (χ3v) is 5.82. The SMILES string of the molecule is CCCCCCCc1c[nH]c(CCCCCCC)[n+]1CCCc1ccccc1. The second-order valence-electron chi connectivity index (χ2n) is 8.30. The number of hydrogen-bond acceptors (Lipinski definition) is 0. The van der Waals surface area contributed by atoms with Crippen LogP contribution in [0.3, 0.4) is 0 Å². The first-order valence-electron chi connectivity index (χ1n) is 12.0. The molecule has 0 aliphatic carbocycles. The van der Waals surface area contributed by atoms with Crippen molar-refractivity contribution >= 4 is 0 Å². The lowest BCUT2D eigenvalue weighted by molar-refractivity contribution is -0.710. The lowest BCUT2D eigenvalue weighted by atomic mass is 10.1. The number of nitrogens with zero attached hydrogens (tertiary/aromatic N) is 1. The van der Waals surface area contributed by atoms with Crippen LogP contribution >= 0.6 is 0 Å². The van der Waals surface area contributed by atoms with E-state index in [-0.39, 0.29) is 0 Å². The van der Waals surface area contributed by atoms with Crippen LogP contribution < -0.4 is 4.57 Å². The summed E-state index contributed by atoms with van der Waals surface area (Å²) in [5.74, 6) is 1.45. The molecule has 2 nitrogen and oxygen atoms in total. The van der Waals surface area contributed by atoms with E-state index in [2.05, 4.69) is 59.9 Å². The fraction of sp³-hybridized carbons (Fsp3) is 0.654. The number of rotatable bonds is 16. The van der Waals surface area contributed by atoms with Crippen LogP contribution in [0.15, 0.2) is 36.5 Å². The molecule has 0 aliphatic heterocycles. The first-order chi connectivity index (χ1) is 13.8. The number of hydrogen-bond donors (Lipinski definition) is 1. The molecule has 0 fully saturated rings. The maximum atomic E-state index is 3.63. The van der Waals surface area contributed by atoms with E-state index in [9.17, 15) is 0 Å². The topological polar surface area (TPSA) is 19.7 Å². The van der Waals surface area contributed by atoms with Crippen LogP contribution in [-0.2, 0) is 25.8 Å². The van der Waals surface area contributed by atoms with E-state index in [1.807, 2.05) is 0 Å². The maximum absolute atomic E-state index is 3.63. The molecule has 2 rings (SSSR count). The Morgan fingerprint density at radius 1 is 0.679 bits per heavy atom. The molecule has 156 valence electrons. The van der Waals surface area contributed by atoms with Gasteiger partial charge in [0.25, 0.3) is 5.82 Å². The lowest BCUT2D eigenvalue weighted by Gasteiger charge is -2.07. The van der Waals surface area contributed by atoms with Gasteiger partial charge in [-0.1, -0.05) is 95.5 Å². The van der Waals surface area contributed by atoms with Gasteiger partial charge in [-0.2, -0.15) is 0 Å². The Kier molecular flexibility index (Phi) is 11.7. The standard InChI is InChI=1S/C26H42N2/c1-3-5-7-9-14-20-25-23-27-26(21-15-10-8-6-4-2)28(25)22-16-19-24-17-12-11-13-18-24/h11-13,17-18,23H,3-10,14-16,19-22H2,1-2H3/p+1. The van der Waals surface area contributed by atoms with Crippen LogP contribution in [-0.4, -0.2) is 4.98 Å². The van der Waals surface area contributed by atoms with Gasteiger partial charge < -0.3 is 0 Å². The molecule has 0 atom stereocenters. The molecule has 0 amide bonds. The Labute approximate surface area is 173 Å². The smallest absolute Gasteiger partial charge is 0.247 e. The third kappa shape index (κ3) is 8.63. The predicted octanol–water partition coefficient (Wildman–Crippen LogP) is 6.96.